The molecule has 8 heteroatoms. The molecule has 0 unspecified atom stereocenters. The maximum Gasteiger partial charge on any atom is 0.191 e. The van der Waals surface area contributed by atoms with Crippen LogP contribution in [0.3, 0.4) is 0 Å². The Morgan fingerprint density at radius 3 is 2.52 bits per heavy atom. The van der Waals surface area contributed by atoms with Crippen molar-refractivity contribution in [1.82, 2.24) is 19.5 Å². The van der Waals surface area contributed by atoms with Crippen LogP contribution in [0.2, 0.25) is 0 Å². The van der Waals surface area contributed by atoms with E-state index in [2.05, 4.69) is 20.3 Å². The van der Waals surface area contributed by atoms with Gasteiger partial charge >= 0.3 is 0 Å². The Morgan fingerprint density at radius 1 is 1.00 bits per heavy atom. The Balaban J connectivity index is 1.51. The van der Waals surface area contributed by atoms with Crippen LogP contribution in [0.5, 0.6) is 0 Å². The molecule has 0 aliphatic rings. The predicted molar refractivity (Wildman–Crippen MR) is 114 cm³/mol. The molecule has 0 aliphatic heterocycles. The van der Waals surface area contributed by atoms with E-state index in [0.717, 1.165) is 22.8 Å². The van der Waals surface area contributed by atoms with Crippen LogP contribution in [-0.4, -0.2) is 19.5 Å². The third kappa shape index (κ3) is 3.42. The largest absolute Gasteiger partial charge is 0.441 e. The standard InChI is InChI=1S/C23H17F2N5O/c1-13-27-12-20(31-13)14-3-6-16(7-4-14)28-22-21-19(9-10-26-22)30(2)23(29-21)17-8-5-15(24)11-18(17)25/h3-12H,1-2H3,(H,26,28). The fourth-order valence-electron chi connectivity index (χ4n) is 3.47. The van der Waals surface area contributed by atoms with Crippen molar-refractivity contribution < 1.29 is 13.2 Å². The van der Waals surface area contributed by atoms with Crippen LogP contribution in [-0.2, 0) is 7.05 Å². The summed E-state index contributed by atoms with van der Waals surface area (Å²) in [6.07, 6.45) is 3.34. The fraction of sp³-hybridized carbons (Fsp3) is 0.0870. The molecule has 0 saturated heterocycles. The van der Waals surface area contributed by atoms with E-state index < -0.39 is 11.6 Å². The van der Waals surface area contributed by atoms with Crippen molar-refractivity contribution in [2.24, 2.45) is 7.05 Å². The van der Waals surface area contributed by atoms with E-state index in [0.29, 0.717) is 28.8 Å². The summed E-state index contributed by atoms with van der Waals surface area (Å²) < 4.78 is 35.0. The molecule has 0 fully saturated rings. The molecule has 3 heterocycles. The first-order valence-corrected chi connectivity index (χ1v) is 9.56. The smallest absolute Gasteiger partial charge is 0.191 e. The van der Waals surface area contributed by atoms with Gasteiger partial charge in [-0.05, 0) is 42.5 Å². The van der Waals surface area contributed by atoms with Gasteiger partial charge in [-0.3, -0.25) is 0 Å². The molecular formula is C23H17F2N5O. The van der Waals surface area contributed by atoms with Crippen molar-refractivity contribution in [3.8, 4) is 22.7 Å². The van der Waals surface area contributed by atoms with Gasteiger partial charge < -0.3 is 14.3 Å². The molecule has 0 radical (unpaired) electrons. The third-order valence-electron chi connectivity index (χ3n) is 5.03. The summed E-state index contributed by atoms with van der Waals surface area (Å²) in [6.45, 7) is 1.80. The molecule has 1 N–H and O–H groups in total. The lowest BCUT2D eigenvalue weighted by Gasteiger charge is -2.07. The van der Waals surface area contributed by atoms with Gasteiger partial charge in [-0.2, -0.15) is 0 Å². The second kappa shape index (κ2) is 7.32. The lowest BCUT2D eigenvalue weighted by molar-refractivity contribution is 0.534. The fourth-order valence-corrected chi connectivity index (χ4v) is 3.47. The summed E-state index contributed by atoms with van der Waals surface area (Å²) in [7, 11) is 1.78. The Bertz CT molecular complexity index is 1410. The topological polar surface area (TPSA) is 68.8 Å². The Morgan fingerprint density at radius 2 is 1.81 bits per heavy atom. The number of nitrogens with zero attached hydrogens (tertiary/aromatic N) is 4. The number of fused-ring (bicyclic) bond motifs is 1. The van der Waals surface area contributed by atoms with Crippen LogP contribution in [0, 0.1) is 18.6 Å². The number of halogens is 2. The number of aryl methyl sites for hydroxylation is 2. The van der Waals surface area contributed by atoms with Crippen LogP contribution in [0.4, 0.5) is 20.3 Å². The second-order valence-electron chi connectivity index (χ2n) is 7.09. The lowest BCUT2D eigenvalue weighted by Crippen LogP contribution is -1.96. The summed E-state index contributed by atoms with van der Waals surface area (Å²) in [6, 6.07) is 12.9. The molecule has 6 nitrogen and oxygen atoms in total. The first kappa shape index (κ1) is 18.9. The molecule has 0 saturated carbocycles. The normalized spacial score (nSPS) is 11.2. The summed E-state index contributed by atoms with van der Waals surface area (Å²) in [5, 5.41) is 3.26. The first-order valence-electron chi connectivity index (χ1n) is 9.56. The van der Waals surface area contributed by atoms with Crippen LogP contribution < -0.4 is 5.32 Å². The van der Waals surface area contributed by atoms with Crippen molar-refractivity contribution in [2.45, 2.75) is 6.92 Å². The van der Waals surface area contributed by atoms with Gasteiger partial charge in [-0.1, -0.05) is 0 Å². The third-order valence-corrected chi connectivity index (χ3v) is 5.03. The zero-order valence-corrected chi connectivity index (χ0v) is 16.7. The highest BCUT2D eigenvalue weighted by Gasteiger charge is 2.17. The van der Waals surface area contributed by atoms with Gasteiger partial charge in [0.15, 0.2) is 17.5 Å². The molecular weight excluding hydrogens is 400 g/mol. The van der Waals surface area contributed by atoms with Crippen molar-refractivity contribution in [3.05, 3.63) is 78.4 Å². The Labute approximate surface area is 176 Å². The van der Waals surface area contributed by atoms with E-state index in [1.54, 1.807) is 37.0 Å². The van der Waals surface area contributed by atoms with Gasteiger partial charge in [-0.15, -0.1) is 0 Å². The van der Waals surface area contributed by atoms with Gasteiger partial charge in [-0.25, -0.2) is 23.7 Å². The maximum absolute atomic E-state index is 14.3. The highest BCUT2D eigenvalue weighted by molar-refractivity contribution is 5.90. The number of benzene rings is 2. The maximum atomic E-state index is 14.3. The van der Waals surface area contributed by atoms with Gasteiger partial charge in [0.05, 0.1) is 17.3 Å². The average Bonchev–Trinajstić information content (AvgIpc) is 3.33. The molecule has 0 amide bonds. The Hall–Kier alpha value is -4.07. The number of hydrogen-bond donors (Lipinski definition) is 1. The van der Waals surface area contributed by atoms with Crippen molar-refractivity contribution in [2.75, 3.05) is 5.32 Å². The highest BCUT2D eigenvalue weighted by Crippen LogP contribution is 2.30. The quantitative estimate of drug-likeness (QED) is 0.411. The molecule has 0 bridgehead atoms. The summed E-state index contributed by atoms with van der Waals surface area (Å²) >= 11 is 0. The zero-order valence-electron chi connectivity index (χ0n) is 16.7. The number of oxazole rings is 1. The minimum absolute atomic E-state index is 0.220. The molecule has 31 heavy (non-hydrogen) atoms. The summed E-state index contributed by atoms with van der Waals surface area (Å²) in [5.74, 6) is 0.924. The van der Waals surface area contributed by atoms with Gasteiger partial charge in [0.2, 0.25) is 0 Å². The zero-order chi connectivity index (χ0) is 21.5. The number of nitrogens with one attached hydrogen (secondary N) is 1. The van der Waals surface area contributed by atoms with E-state index in [-0.39, 0.29) is 5.56 Å². The number of rotatable bonds is 4. The molecule has 0 atom stereocenters. The van der Waals surface area contributed by atoms with E-state index >= 15 is 0 Å². The average molecular weight is 417 g/mol. The van der Waals surface area contributed by atoms with Gasteiger partial charge in [0.1, 0.15) is 23.0 Å². The van der Waals surface area contributed by atoms with Crippen molar-refractivity contribution >= 4 is 22.5 Å². The molecule has 0 spiro atoms. The number of aromatic nitrogens is 4. The van der Waals surface area contributed by atoms with Crippen LogP contribution in [0.25, 0.3) is 33.7 Å². The lowest BCUT2D eigenvalue weighted by atomic mass is 10.1. The van der Waals surface area contributed by atoms with E-state index in [9.17, 15) is 8.78 Å². The minimum Gasteiger partial charge on any atom is -0.441 e. The highest BCUT2D eigenvalue weighted by atomic mass is 19.1. The molecule has 154 valence electrons. The Kier molecular flexibility index (Phi) is 4.47. The van der Waals surface area contributed by atoms with Gasteiger partial charge in [0.25, 0.3) is 0 Å². The number of anilines is 2. The van der Waals surface area contributed by atoms with Crippen LogP contribution >= 0.6 is 0 Å². The minimum atomic E-state index is -0.667. The number of pyridine rings is 1. The molecule has 5 rings (SSSR count). The summed E-state index contributed by atoms with van der Waals surface area (Å²) in [4.78, 5) is 13.1. The molecule has 5 aromatic rings. The van der Waals surface area contributed by atoms with Crippen LogP contribution in [0.1, 0.15) is 5.89 Å². The number of hydrogen-bond acceptors (Lipinski definition) is 5. The van der Waals surface area contributed by atoms with Gasteiger partial charge in [0, 0.05) is 37.5 Å². The number of imidazole rings is 1. The molecule has 0 aliphatic carbocycles. The molecule has 3 aromatic heterocycles. The SMILES string of the molecule is Cc1ncc(-c2ccc(Nc3nccc4c3nc(-c3ccc(F)cc3F)n4C)cc2)o1. The monoisotopic (exact) mass is 417 g/mol. The summed E-state index contributed by atoms with van der Waals surface area (Å²) in [5.41, 5.74) is 3.28. The van der Waals surface area contributed by atoms with Crippen molar-refractivity contribution in [3.63, 3.8) is 0 Å². The molecule has 2 aromatic carbocycles. The van der Waals surface area contributed by atoms with Crippen LogP contribution in [0.15, 0.2) is 65.3 Å². The van der Waals surface area contributed by atoms with E-state index in [1.807, 2.05) is 24.3 Å². The van der Waals surface area contributed by atoms with Crippen molar-refractivity contribution in [1.29, 1.82) is 0 Å². The second-order valence-corrected chi connectivity index (χ2v) is 7.09. The van der Waals surface area contributed by atoms with E-state index in [4.69, 9.17) is 4.42 Å². The predicted octanol–water partition coefficient (Wildman–Crippen LogP) is 5.62. The van der Waals surface area contributed by atoms with E-state index in [1.165, 1.54) is 12.1 Å². The first-order chi connectivity index (χ1) is 15.0.